The molecule has 1 saturated carbocycles. The predicted octanol–water partition coefficient (Wildman–Crippen LogP) is -0.843. The van der Waals surface area contributed by atoms with Crippen molar-refractivity contribution in [1.82, 2.24) is 0 Å². The van der Waals surface area contributed by atoms with Crippen molar-refractivity contribution in [1.29, 1.82) is 0 Å². The molecule has 1 aliphatic carbocycles. The summed E-state index contributed by atoms with van der Waals surface area (Å²) in [6.45, 7) is 0.163. The van der Waals surface area contributed by atoms with Crippen molar-refractivity contribution in [3.63, 3.8) is 0 Å². The Morgan fingerprint density at radius 3 is 1.82 bits per heavy atom. The molecular weight excluding hydrogens is 230 g/mol. The largest absolute Gasteiger partial charge is 0.473 e. The van der Waals surface area contributed by atoms with Gasteiger partial charge in [-0.15, -0.1) is 0 Å². The van der Waals surface area contributed by atoms with Crippen LogP contribution in [0.2, 0.25) is 0 Å². The first kappa shape index (κ1) is 15.8. The van der Waals surface area contributed by atoms with Crippen LogP contribution in [0.25, 0.3) is 0 Å². The van der Waals surface area contributed by atoms with Gasteiger partial charge in [0.25, 0.3) is 0 Å². The van der Waals surface area contributed by atoms with Gasteiger partial charge >= 0.3 is 11.9 Å². The van der Waals surface area contributed by atoms with Crippen LogP contribution in [0.4, 0.5) is 0 Å². The Morgan fingerprint density at radius 2 is 1.53 bits per heavy atom. The number of rotatable bonds is 2. The molecule has 100 valence electrons. The number of hydrogen-bond donors (Lipinski definition) is 5. The molecule has 1 atom stereocenters. The lowest BCUT2D eigenvalue weighted by atomic mass is 9.81. The maximum atomic E-state index is 9.81. The highest BCUT2D eigenvalue weighted by Crippen LogP contribution is 2.30. The summed E-state index contributed by atoms with van der Waals surface area (Å²) in [5.74, 6) is -3.65. The van der Waals surface area contributed by atoms with Crippen molar-refractivity contribution in [2.45, 2.75) is 43.8 Å². The second-order valence-electron chi connectivity index (χ2n) is 4.03. The molecule has 0 aliphatic heterocycles. The fourth-order valence-electron chi connectivity index (χ4n) is 1.72. The normalized spacial score (nSPS) is 19.7. The third-order valence-electron chi connectivity index (χ3n) is 2.75. The van der Waals surface area contributed by atoms with Crippen LogP contribution in [0.3, 0.4) is 0 Å². The van der Waals surface area contributed by atoms with Gasteiger partial charge in [0.1, 0.15) is 0 Å². The van der Waals surface area contributed by atoms with Gasteiger partial charge in [0, 0.05) is 6.54 Å². The van der Waals surface area contributed by atoms with Crippen LogP contribution < -0.4 is 5.73 Å². The lowest BCUT2D eigenvalue weighted by Crippen LogP contribution is -2.47. The molecule has 1 rings (SSSR count). The summed E-state index contributed by atoms with van der Waals surface area (Å²) in [5.41, 5.74) is 4.40. The quantitative estimate of drug-likeness (QED) is 0.401. The van der Waals surface area contributed by atoms with Crippen LogP contribution in [-0.2, 0) is 9.59 Å². The standard InChI is InChI=1S/C8H17NO2.C2H2O4/c9-6-7(10)8(11)4-2-1-3-5-8;3-1(4)2(5)6/h7,10-11H,1-6,9H2;(H,3,4)(H,5,6). The van der Waals surface area contributed by atoms with E-state index in [0.29, 0.717) is 12.8 Å². The Balaban J connectivity index is 0.000000366. The Labute approximate surface area is 98.9 Å². The monoisotopic (exact) mass is 249 g/mol. The third-order valence-corrected chi connectivity index (χ3v) is 2.75. The summed E-state index contributed by atoms with van der Waals surface area (Å²) >= 11 is 0. The first-order chi connectivity index (χ1) is 7.83. The van der Waals surface area contributed by atoms with E-state index in [-0.39, 0.29) is 6.54 Å². The van der Waals surface area contributed by atoms with E-state index < -0.39 is 23.6 Å². The first-order valence-electron chi connectivity index (χ1n) is 5.40. The van der Waals surface area contributed by atoms with Crippen LogP contribution in [-0.4, -0.2) is 50.6 Å². The van der Waals surface area contributed by atoms with E-state index in [1.807, 2.05) is 0 Å². The number of carboxylic acids is 2. The average Bonchev–Trinajstić information content (AvgIpc) is 2.29. The van der Waals surface area contributed by atoms with Gasteiger partial charge < -0.3 is 26.2 Å². The lowest BCUT2D eigenvalue weighted by molar-refractivity contribution is -0.159. The third kappa shape index (κ3) is 5.62. The van der Waals surface area contributed by atoms with Gasteiger partial charge in [-0.3, -0.25) is 0 Å². The van der Waals surface area contributed by atoms with Crippen molar-refractivity contribution >= 4 is 11.9 Å². The molecule has 0 heterocycles. The molecule has 0 aromatic carbocycles. The van der Waals surface area contributed by atoms with Crippen LogP contribution >= 0.6 is 0 Å². The Hall–Kier alpha value is -1.18. The molecule has 7 nitrogen and oxygen atoms in total. The van der Waals surface area contributed by atoms with Gasteiger partial charge in [0.15, 0.2) is 0 Å². The van der Waals surface area contributed by atoms with Crippen molar-refractivity contribution in [3.8, 4) is 0 Å². The molecule has 0 bridgehead atoms. The molecule has 1 unspecified atom stereocenters. The minimum Gasteiger partial charge on any atom is -0.473 e. The molecule has 17 heavy (non-hydrogen) atoms. The summed E-state index contributed by atoms with van der Waals surface area (Å²) in [6, 6.07) is 0. The van der Waals surface area contributed by atoms with E-state index in [1.54, 1.807) is 0 Å². The maximum Gasteiger partial charge on any atom is 0.414 e. The number of aliphatic hydroxyl groups is 2. The number of carboxylic acid groups (broad SMARTS) is 2. The summed E-state index contributed by atoms with van der Waals surface area (Å²) in [5, 5.41) is 34.0. The van der Waals surface area contributed by atoms with Crippen molar-refractivity contribution < 1.29 is 30.0 Å². The van der Waals surface area contributed by atoms with E-state index in [1.165, 1.54) is 6.42 Å². The molecule has 0 spiro atoms. The van der Waals surface area contributed by atoms with Gasteiger partial charge in [-0.05, 0) is 12.8 Å². The molecule has 0 aromatic rings. The summed E-state index contributed by atoms with van der Waals surface area (Å²) in [7, 11) is 0. The number of aliphatic carboxylic acids is 2. The average molecular weight is 249 g/mol. The SMILES string of the molecule is NCC(O)C1(O)CCCCC1.O=C(O)C(=O)O. The highest BCUT2D eigenvalue weighted by Gasteiger charge is 2.35. The van der Waals surface area contributed by atoms with E-state index in [4.69, 9.17) is 25.5 Å². The number of nitrogens with two attached hydrogens (primary N) is 1. The number of carbonyl (C=O) groups is 2. The van der Waals surface area contributed by atoms with Crippen LogP contribution in [0.1, 0.15) is 32.1 Å². The molecular formula is C10H19NO6. The van der Waals surface area contributed by atoms with Gasteiger partial charge in [-0.2, -0.15) is 0 Å². The minimum absolute atomic E-state index is 0.163. The van der Waals surface area contributed by atoms with E-state index >= 15 is 0 Å². The van der Waals surface area contributed by atoms with E-state index in [0.717, 1.165) is 12.8 Å². The fourth-order valence-corrected chi connectivity index (χ4v) is 1.72. The molecule has 1 fully saturated rings. The molecule has 0 amide bonds. The summed E-state index contributed by atoms with van der Waals surface area (Å²) in [4.78, 5) is 18.2. The topological polar surface area (TPSA) is 141 Å². The molecule has 1 aliphatic rings. The smallest absolute Gasteiger partial charge is 0.414 e. The van der Waals surface area contributed by atoms with Crippen molar-refractivity contribution in [2.24, 2.45) is 5.73 Å². The number of aliphatic hydroxyl groups excluding tert-OH is 1. The van der Waals surface area contributed by atoms with Crippen LogP contribution in [0.5, 0.6) is 0 Å². The Kier molecular flexibility index (Phi) is 6.71. The van der Waals surface area contributed by atoms with Crippen molar-refractivity contribution in [2.75, 3.05) is 6.54 Å². The van der Waals surface area contributed by atoms with Crippen molar-refractivity contribution in [3.05, 3.63) is 0 Å². The van der Waals surface area contributed by atoms with Gasteiger partial charge in [0.05, 0.1) is 11.7 Å². The first-order valence-corrected chi connectivity index (χ1v) is 5.40. The molecule has 0 radical (unpaired) electrons. The summed E-state index contributed by atoms with van der Waals surface area (Å²) < 4.78 is 0. The second kappa shape index (κ2) is 7.21. The zero-order valence-electron chi connectivity index (χ0n) is 9.50. The van der Waals surface area contributed by atoms with Gasteiger partial charge in [-0.1, -0.05) is 19.3 Å². The number of hydrogen-bond acceptors (Lipinski definition) is 5. The zero-order valence-corrected chi connectivity index (χ0v) is 9.50. The van der Waals surface area contributed by atoms with Gasteiger partial charge in [0.2, 0.25) is 0 Å². The van der Waals surface area contributed by atoms with Gasteiger partial charge in [-0.25, -0.2) is 9.59 Å². The fraction of sp³-hybridized carbons (Fsp3) is 0.800. The Morgan fingerprint density at radius 1 is 1.12 bits per heavy atom. The van der Waals surface area contributed by atoms with E-state index in [9.17, 15) is 10.2 Å². The Bertz CT molecular complexity index is 250. The van der Waals surface area contributed by atoms with Crippen LogP contribution in [0, 0.1) is 0 Å². The second-order valence-corrected chi connectivity index (χ2v) is 4.03. The predicted molar refractivity (Wildman–Crippen MR) is 58.4 cm³/mol. The summed E-state index contributed by atoms with van der Waals surface area (Å²) in [6.07, 6.45) is 3.85. The highest BCUT2D eigenvalue weighted by molar-refractivity contribution is 6.27. The lowest BCUT2D eigenvalue weighted by Gasteiger charge is -2.35. The zero-order chi connectivity index (χ0) is 13.5. The molecule has 7 heteroatoms. The molecule has 6 N–H and O–H groups in total. The maximum absolute atomic E-state index is 9.81. The highest BCUT2D eigenvalue weighted by atomic mass is 16.4. The van der Waals surface area contributed by atoms with Crippen LogP contribution in [0.15, 0.2) is 0 Å². The molecule has 0 aromatic heterocycles. The minimum atomic E-state index is -1.82. The van der Waals surface area contributed by atoms with E-state index in [2.05, 4.69) is 0 Å². The molecule has 0 saturated heterocycles.